The molecule has 2 aliphatic rings. The number of hydrogen-bond acceptors (Lipinski definition) is 2. The highest BCUT2D eigenvalue weighted by Crippen LogP contribution is 2.32. The van der Waals surface area contributed by atoms with Gasteiger partial charge in [-0.1, -0.05) is 26.2 Å². The summed E-state index contributed by atoms with van der Waals surface area (Å²) < 4.78 is 0. The smallest absolute Gasteiger partial charge is 0.135 e. The molecule has 2 fully saturated rings. The number of hydrogen-bond donors (Lipinski definition) is 1. The second-order valence-corrected chi connectivity index (χ2v) is 6.34. The zero-order valence-electron chi connectivity index (χ0n) is 11.9. The fourth-order valence-corrected chi connectivity index (χ4v) is 3.68. The van der Waals surface area contributed by atoms with Gasteiger partial charge in [-0.3, -0.25) is 4.79 Å². The van der Waals surface area contributed by atoms with Crippen LogP contribution in [-0.4, -0.2) is 18.9 Å². The fraction of sp³-hybridized carbons (Fsp3) is 0.938. The molecule has 104 valence electrons. The second-order valence-electron chi connectivity index (χ2n) is 6.34. The van der Waals surface area contributed by atoms with Crippen LogP contribution in [-0.2, 0) is 4.79 Å². The van der Waals surface area contributed by atoms with Crippen LogP contribution in [0.4, 0.5) is 0 Å². The molecule has 1 saturated carbocycles. The summed E-state index contributed by atoms with van der Waals surface area (Å²) in [5.41, 5.74) is 0. The molecule has 1 N–H and O–H groups in total. The molecule has 0 radical (unpaired) electrons. The van der Waals surface area contributed by atoms with Gasteiger partial charge in [-0.15, -0.1) is 0 Å². The van der Waals surface area contributed by atoms with Crippen LogP contribution in [0.5, 0.6) is 0 Å². The number of nitrogens with one attached hydrogen (secondary N) is 1. The Morgan fingerprint density at radius 3 is 2.61 bits per heavy atom. The van der Waals surface area contributed by atoms with E-state index in [1.54, 1.807) is 0 Å². The van der Waals surface area contributed by atoms with Crippen LogP contribution < -0.4 is 5.32 Å². The van der Waals surface area contributed by atoms with Crippen molar-refractivity contribution < 1.29 is 4.79 Å². The first kappa shape index (κ1) is 14.0. The van der Waals surface area contributed by atoms with Gasteiger partial charge >= 0.3 is 0 Å². The molecule has 18 heavy (non-hydrogen) atoms. The maximum atomic E-state index is 12.3. The lowest BCUT2D eigenvalue weighted by atomic mass is 9.77. The summed E-state index contributed by atoms with van der Waals surface area (Å²) in [6.45, 7) is 4.58. The third-order valence-corrected chi connectivity index (χ3v) is 5.07. The predicted octanol–water partition coefficient (Wildman–Crippen LogP) is 3.55. The van der Waals surface area contributed by atoms with Crippen LogP contribution in [0.15, 0.2) is 0 Å². The number of ketones is 1. The van der Waals surface area contributed by atoms with E-state index in [1.165, 1.54) is 44.9 Å². The lowest BCUT2D eigenvalue weighted by Crippen LogP contribution is -2.29. The van der Waals surface area contributed by atoms with Gasteiger partial charge in [0.05, 0.1) is 0 Å². The Labute approximate surface area is 112 Å². The molecule has 2 unspecified atom stereocenters. The molecule has 2 heteroatoms. The van der Waals surface area contributed by atoms with Gasteiger partial charge in [0.25, 0.3) is 0 Å². The third-order valence-electron chi connectivity index (χ3n) is 5.07. The van der Waals surface area contributed by atoms with Gasteiger partial charge in [0.1, 0.15) is 5.78 Å². The lowest BCUT2D eigenvalue weighted by molar-refractivity contribution is -0.124. The van der Waals surface area contributed by atoms with E-state index >= 15 is 0 Å². The summed E-state index contributed by atoms with van der Waals surface area (Å²) in [6.07, 6.45) is 10.8. The van der Waals surface area contributed by atoms with Gasteiger partial charge in [0, 0.05) is 12.3 Å². The third kappa shape index (κ3) is 4.08. The van der Waals surface area contributed by atoms with E-state index in [4.69, 9.17) is 0 Å². The van der Waals surface area contributed by atoms with Gasteiger partial charge in [0.15, 0.2) is 0 Å². The van der Waals surface area contributed by atoms with Gasteiger partial charge in [-0.25, -0.2) is 0 Å². The van der Waals surface area contributed by atoms with E-state index in [1.807, 2.05) is 0 Å². The lowest BCUT2D eigenvalue weighted by Gasteiger charge is -2.28. The normalized spacial score (nSPS) is 30.3. The van der Waals surface area contributed by atoms with Crippen molar-refractivity contribution in [2.45, 2.75) is 64.7 Å². The highest BCUT2D eigenvalue weighted by molar-refractivity contribution is 5.81. The number of carbonyl (C=O) groups excluding carboxylic acids is 1. The molecule has 2 nitrogen and oxygen atoms in total. The summed E-state index contributed by atoms with van der Waals surface area (Å²) in [5, 5.41) is 3.39. The Balaban J connectivity index is 1.70. The van der Waals surface area contributed by atoms with E-state index < -0.39 is 0 Å². The summed E-state index contributed by atoms with van der Waals surface area (Å²) in [6, 6.07) is 0. The van der Waals surface area contributed by atoms with Gasteiger partial charge in [-0.05, 0) is 57.0 Å². The van der Waals surface area contributed by atoms with Crippen molar-refractivity contribution in [3.63, 3.8) is 0 Å². The Kier molecular flexibility index (Phi) is 5.68. The molecule has 1 aliphatic heterocycles. The molecule has 1 aliphatic carbocycles. The van der Waals surface area contributed by atoms with Crippen LogP contribution in [0.3, 0.4) is 0 Å². The standard InChI is InChI=1S/C16H29NO/c1-2-13-4-3-5-15(12-13)16(18)7-6-14-8-10-17-11-9-14/h13-15,17H,2-12H2,1H3. The number of carbonyl (C=O) groups is 1. The molecule has 1 heterocycles. The number of piperidine rings is 1. The first-order valence-electron chi connectivity index (χ1n) is 8.03. The SMILES string of the molecule is CCC1CCCC(C(=O)CCC2CCNCC2)C1. The zero-order valence-corrected chi connectivity index (χ0v) is 11.9. The van der Waals surface area contributed by atoms with Gasteiger partial charge in [-0.2, -0.15) is 0 Å². The van der Waals surface area contributed by atoms with E-state index in [0.29, 0.717) is 11.7 Å². The Morgan fingerprint density at radius 1 is 1.11 bits per heavy atom. The van der Waals surface area contributed by atoms with Crippen molar-refractivity contribution in [1.29, 1.82) is 0 Å². The number of Topliss-reactive ketones (excluding diaryl/α,β-unsaturated/α-hetero) is 1. The van der Waals surface area contributed by atoms with Crippen LogP contribution >= 0.6 is 0 Å². The monoisotopic (exact) mass is 251 g/mol. The van der Waals surface area contributed by atoms with Gasteiger partial charge in [0.2, 0.25) is 0 Å². The van der Waals surface area contributed by atoms with E-state index in [0.717, 1.165) is 37.8 Å². The quantitative estimate of drug-likeness (QED) is 0.809. The highest BCUT2D eigenvalue weighted by Gasteiger charge is 2.26. The highest BCUT2D eigenvalue weighted by atomic mass is 16.1. The summed E-state index contributed by atoms with van der Waals surface area (Å²) in [7, 11) is 0. The van der Waals surface area contributed by atoms with Crippen LogP contribution in [0.1, 0.15) is 64.7 Å². The van der Waals surface area contributed by atoms with Crippen molar-refractivity contribution in [3.8, 4) is 0 Å². The molecule has 2 atom stereocenters. The van der Waals surface area contributed by atoms with Crippen molar-refractivity contribution in [1.82, 2.24) is 5.32 Å². The van der Waals surface area contributed by atoms with E-state index in [2.05, 4.69) is 12.2 Å². The molecular weight excluding hydrogens is 222 g/mol. The predicted molar refractivity (Wildman–Crippen MR) is 75.6 cm³/mol. The van der Waals surface area contributed by atoms with Crippen molar-refractivity contribution in [2.24, 2.45) is 17.8 Å². The van der Waals surface area contributed by atoms with Crippen LogP contribution in [0, 0.1) is 17.8 Å². The Hall–Kier alpha value is -0.370. The molecule has 0 aromatic heterocycles. The second kappa shape index (κ2) is 7.28. The molecule has 1 saturated heterocycles. The Morgan fingerprint density at radius 2 is 1.89 bits per heavy atom. The largest absolute Gasteiger partial charge is 0.317 e. The van der Waals surface area contributed by atoms with Crippen LogP contribution in [0.2, 0.25) is 0 Å². The first-order chi connectivity index (χ1) is 8.79. The minimum atomic E-state index is 0.408. The molecular formula is C16H29NO. The zero-order chi connectivity index (χ0) is 12.8. The summed E-state index contributed by atoms with van der Waals surface area (Å²) in [5.74, 6) is 2.62. The van der Waals surface area contributed by atoms with Gasteiger partial charge < -0.3 is 5.32 Å². The number of rotatable bonds is 5. The van der Waals surface area contributed by atoms with Crippen LogP contribution in [0.25, 0.3) is 0 Å². The summed E-state index contributed by atoms with van der Waals surface area (Å²) >= 11 is 0. The molecule has 0 bridgehead atoms. The molecule has 2 rings (SSSR count). The first-order valence-corrected chi connectivity index (χ1v) is 8.03. The molecule has 0 aromatic carbocycles. The van der Waals surface area contributed by atoms with Crippen molar-refractivity contribution in [3.05, 3.63) is 0 Å². The van der Waals surface area contributed by atoms with Crippen molar-refractivity contribution >= 4 is 5.78 Å². The van der Waals surface area contributed by atoms with E-state index in [9.17, 15) is 4.79 Å². The van der Waals surface area contributed by atoms with E-state index in [-0.39, 0.29) is 0 Å². The minimum absolute atomic E-state index is 0.408. The maximum absolute atomic E-state index is 12.3. The average molecular weight is 251 g/mol. The minimum Gasteiger partial charge on any atom is -0.317 e. The van der Waals surface area contributed by atoms with Crippen molar-refractivity contribution in [2.75, 3.05) is 13.1 Å². The summed E-state index contributed by atoms with van der Waals surface area (Å²) in [4.78, 5) is 12.3. The maximum Gasteiger partial charge on any atom is 0.135 e. The molecule has 0 aromatic rings. The Bertz CT molecular complexity index is 258. The molecule has 0 spiro atoms. The molecule has 0 amide bonds. The fourth-order valence-electron chi connectivity index (χ4n) is 3.68. The topological polar surface area (TPSA) is 29.1 Å². The average Bonchev–Trinajstić information content (AvgIpc) is 2.46.